The van der Waals surface area contributed by atoms with Gasteiger partial charge in [-0.15, -0.1) is 6.42 Å². The number of aromatic nitrogens is 6. The zero-order chi connectivity index (χ0) is 32.8. The standard InChI is InChI=1S/C21H26N8O14P2/c1-2-8-11(18(23)34)26-6-28(8)20-15(32)13(30)9(41-20)3-39-44(35,36)43-45(37,38)40-4-10-14(31)16(33)21(42-10)29-7-27-12-17(22)24-5-25-19(12)29/h1,5-7,9-10,13-16,20-21,30-33H,3-4H2,(H2,23,34)(H,35,36)(H,37,38)(H2,22,24,25)/t9-,10-,13+,14+,15+,16?,20-,21-/m1/s1. The average molecular weight is 676 g/mol. The second kappa shape index (κ2) is 12.4. The number of hydrogen-bond donors (Lipinski definition) is 8. The molecule has 5 rings (SSSR count). The number of nitrogens with zero attached hydrogens (tertiary/aromatic N) is 6. The van der Waals surface area contributed by atoms with Crippen molar-refractivity contribution < 1.29 is 67.0 Å². The van der Waals surface area contributed by atoms with E-state index in [9.17, 15) is 44.1 Å². The zero-order valence-electron chi connectivity index (χ0n) is 22.5. The Morgan fingerprint density at radius 3 is 1.98 bits per heavy atom. The van der Waals surface area contributed by atoms with Gasteiger partial charge in [0.2, 0.25) is 0 Å². The van der Waals surface area contributed by atoms with Gasteiger partial charge in [0, 0.05) is 0 Å². The van der Waals surface area contributed by atoms with Crippen molar-refractivity contribution in [3.63, 3.8) is 0 Å². The SMILES string of the molecule is C#Cc1c(C(N)=O)ncn1[C@@H]1O[C@H](COP(=O)(O)OP(=O)(O)OC[C@H]2O[C@@H](n3cnc4c(N)ncnc43)C(O)[C@H]2O)[C@H](O)[C@@H]1O. The van der Waals surface area contributed by atoms with Crippen molar-refractivity contribution in [1.82, 2.24) is 29.1 Å². The molecule has 45 heavy (non-hydrogen) atoms. The highest BCUT2D eigenvalue weighted by Gasteiger charge is 2.48. The van der Waals surface area contributed by atoms with Gasteiger partial charge in [-0.05, 0) is 5.92 Å². The molecule has 0 saturated carbocycles. The van der Waals surface area contributed by atoms with Gasteiger partial charge in [-0.3, -0.25) is 23.0 Å². The van der Waals surface area contributed by atoms with Crippen molar-refractivity contribution in [3.8, 4) is 12.3 Å². The lowest BCUT2D eigenvalue weighted by Gasteiger charge is -2.20. The number of amides is 1. The first-order chi connectivity index (χ1) is 21.1. The number of nitrogen functional groups attached to an aromatic ring is 1. The predicted octanol–water partition coefficient (Wildman–Crippen LogP) is -3.13. The van der Waals surface area contributed by atoms with Gasteiger partial charge in [0.15, 0.2) is 29.6 Å². The third kappa shape index (κ3) is 6.49. The predicted molar refractivity (Wildman–Crippen MR) is 143 cm³/mol. The molecule has 10 atom stereocenters. The normalized spacial score (nSPS) is 31.0. The van der Waals surface area contributed by atoms with Gasteiger partial charge in [-0.1, -0.05) is 0 Å². The summed E-state index contributed by atoms with van der Waals surface area (Å²) < 4.78 is 51.8. The van der Waals surface area contributed by atoms with Gasteiger partial charge >= 0.3 is 15.6 Å². The molecule has 3 aromatic rings. The number of imidazole rings is 2. The Labute approximate surface area is 251 Å². The molecule has 0 radical (unpaired) electrons. The number of aliphatic hydroxyl groups is 4. The molecule has 2 saturated heterocycles. The van der Waals surface area contributed by atoms with Crippen LogP contribution >= 0.6 is 15.6 Å². The molecule has 0 spiro atoms. The molecule has 22 nitrogen and oxygen atoms in total. The first-order valence-electron chi connectivity index (χ1n) is 12.6. The monoisotopic (exact) mass is 676 g/mol. The molecule has 2 aliphatic rings. The Bertz CT molecular complexity index is 1730. The highest BCUT2D eigenvalue weighted by molar-refractivity contribution is 7.61. The van der Waals surface area contributed by atoms with Crippen LogP contribution in [0.3, 0.4) is 0 Å². The fraction of sp³-hybridized carbons (Fsp3) is 0.476. The third-order valence-corrected chi connectivity index (χ3v) is 9.39. The molecule has 3 aromatic heterocycles. The summed E-state index contributed by atoms with van der Waals surface area (Å²) in [7, 11) is -10.8. The molecule has 2 fully saturated rings. The van der Waals surface area contributed by atoms with Gasteiger partial charge in [-0.25, -0.2) is 29.1 Å². The molecule has 24 heteroatoms. The first-order valence-corrected chi connectivity index (χ1v) is 15.6. The fourth-order valence-corrected chi connectivity index (χ4v) is 6.73. The summed E-state index contributed by atoms with van der Waals surface area (Å²) >= 11 is 0. The van der Waals surface area contributed by atoms with E-state index in [0.717, 1.165) is 17.2 Å². The van der Waals surface area contributed by atoms with E-state index in [4.69, 9.17) is 31.9 Å². The molecule has 0 bridgehead atoms. The maximum absolute atomic E-state index is 12.4. The number of anilines is 1. The van der Waals surface area contributed by atoms with Crippen molar-refractivity contribution >= 4 is 38.5 Å². The van der Waals surface area contributed by atoms with Gasteiger partial charge in [0.1, 0.15) is 54.2 Å². The molecule has 0 aliphatic carbocycles. The minimum absolute atomic E-state index is 0.0423. The van der Waals surface area contributed by atoms with E-state index < -0.39 is 83.8 Å². The van der Waals surface area contributed by atoms with Crippen LogP contribution in [0.15, 0.2) is 19.0 Å². The van der Waals surface area contributed by atoms with Crippen LogP contribution in [0.4, 0.5) is 5.82 Å². The van der Waals surface area contributed by atoms with E-state index in [1.165, 1.54) is 10.9 Å². The molecular weight excluding hydrogens is 650 g/mol. The maximum Gasteiger partial charge on any atom is 0.481 e. The van der Waals surface area contributed by atoms with E-state index in [1.807, 2.05) is 0 Å². The van der Waals surface area contributed by atoms with Crippen molar-refractivity contribution in [2.24, 2.45) is 5.73 Å². The summed E-state index contributed by atoms with van der Waals surface area (Å²) in [5.74, 6) is 1.23. The summed E-state index contributed by atoms with van der Waals surface area (Å²) in [4.78, 5) is 47.1. The molecule has 3 unspecified atom stereocenters. The highest BCUT2D eigenvalue weighted by atomic mass is 31.3. The summed E-state index contributed by atoms with van der Waals surface area (Å²) in [6.07, 6.45) is -3.65. The average Bonchev–Trinajstić information content (AvgIpc) is 3.72. The molecule has 2 aliphatic heterocycles. The van der Waals surface area contributed by atoms with Crippen LogP contribution in [-0.4, -0.2) is 115 Å². The van der Waals surface area contributed by atoms with Crippen molar-refractivity contribution in [2.45, 2.75) is 49.1 Å². The Kier molecular flexibility index (Phi) is 9.11. The first kappa shape index (κ1) is 33.0. The molecule has 244 valence electrons. The number of fused-ring (bicyclic) bond motifs is 1. The van der Waals surface area contributed by atoms with Crippen LogP contribution in [0.2, 0.25) is 0 Å². The number of phosphoric acid groups is 2. The lowest BCUT2D eigenvalue weighted by molar-refractivity contribution is -0.0542. The number of aliphatic hydroxyl groups excluding tert-OH is 4. The number of carbonyl (C=O) groups is 1. The van der Waals surface area contributed by atoms with E-state index in [2.05, 4.69) is 34.7 Å². The second-order valence-corrected chi connectivity index (χ2v) is 12.7. The minimum Gasteiger partial charge on any atom is -0.387 e. The van der Waals surface area contributed by atoms with E-state index in [1.54, 1.807) is 0 Å². The molecule has 10 N–H and O–H groups in total. The van der Waals surface area contributed by atoms with Crippen LogP contribution in [0, 0.1) is 12.3 Å². The highest BCUT2D eigenvalue weighted by Crippen LogP contribution is 2.60. The van der Waals surface area contributed by atoms with Crippen LogP contribution in [0.1, 0.15) is 28.6 Å². The van der Waals surface area contributed by atoms with Crippen LogP contribution in [0.5, 0.6) is 0 Å². The minimum atomic E-state index is -5.42. The number of phosphoric ester groups is 2. The summed E-state index contributed by atoms with van der Waals surface area (Å²) in [5.41, 5.74) is 10.8. The van der Waals surface area contributed by atoms with E-state index >= 15 is 0 Å². The molecule has 1 amide bonds. The lowest BCUT2D eigenvalue weighted by atomic mass is 10.1. The van der Waals surface area contributed by atoms with Gasteiger partial charge in [0.05, 0.1) is 25.9 Å². The van der Waals surface area contributed by atoms with Crippen LogP contribution in [0.25, 0.3) is 11.2 Å². The van der Waals surface area contributed by atoms with Crippen molar-refractivity contribution in [1.29, 1.82) is 0 Å². The van der Waals surface area contributed by atoms with Crippen LogP contribution in [-0.2, 0) is 32.0 Å². The van der Waals surface area contributed by atoms with Gasteiger partial charge in [-0.2, -0.15) is 4.31 Å². The van der Waals surface area contributed by atoms with E-state index in [-0.39, 0.29) is 28.4 Å². The summed E-state index contributed by atoms with van der Waals surface area (Å²) in [6.45, 7) is -1.88. The number of hydrogen-bond acceptors (Lipinski definition) is 17. The number of nitrogens with two attached hydrogens (primary N) is 2. The van der Waals surface area contributed by atoms with E-state index in [0.29, 0.717) is 0 Å². The lowest BCUT2D eigenvalue weighted by Crippen LogP contribution is -2.34. The number of carbonyl (C=O) groups excluding carboxylic acids is 1. The second-order valence-electron chi connectivity index (χ2n) is 9.64. The van der Waals surface area contributed by atoms with Gasteiger partial charge < -0.3 is 51.2 Å². The quantitative estimate of drug-likeness (QED) is 0.0735. The Morgan fingerprint density at radius 2 is 1.44 bits per heavy atom. The van der Waals surface area contributed by atoms with Crippen molar-refractivity contribution in [2.75, 3.05) is 18.9 Å². The number of ether oxygens (including phenoxy) is 2. The number of rotatable bonds is 11. The van der Waals surface area contributed by atoms with Gasteiger partial charge in [0.25, 0.3) is 5.91 Å². The number of terminal acetylenes is 1. The Balaban J connectivity index is 1.17. The largest absolute Gasteiger partial charge is 0.481 e. The zero-order valence-corrected chi connectivity index (χ0v) is 24.3. The summed E-state index contributed by atoms with van der Waals surface area (Å²) in [5, 5.41) is 41.7. The Morgan fingerprint density at radius 1 is 0.911 bits per heavy atom. The summed E-state index contributed by atoms with van der Waals surface area (Å²) in [6, 6.07) is 0. The van der Waals surface area contributed by atoms with Crippen LogP contribution < -0.4 is 11.5 Å². The molecular formula is C21H26N8O14P2. The Hall–Kier alpha value is -3.39. The number of primary amides is 1. The third-order valence-electron chi connectivity index (χ3n) is 6.78. The van der Waals surface area contributed by atoms with Crippen molar-refractivity contribution in [3.05, 3.63) is 30.4 Å². The fourth-order valence-electron chi connectivity index (χ4n) is 4.64. The smallest absolute Gasteiger partial charge is 0.387 e. The maximum atomic E-state index is 12.4. The molecule has 5 heterocycles. The topological polar surface area (TPSA) is 332 Å². The molecule has 0 aromatic carbocycles.